The second kappa shape index (κ2) is 7.30. The number of ether oxygens (including phenoxy) is 1. The van der Waals surface area contributed by atoms with Crippen LogP contribution in [-0.4, -0.2) is 28.7 Å². The number of carbonyl (C=O) groups is 4. The summed E-state index contributed by atoms with van der Waals surface area (Å²) < 4.78 is 4.88. The normalized spacial score (nSPS) is 9.82. The van der Waals surface area contributed by atoms with Crippen LogP contribution < -0.4 is 10.2 Å². The highest BCUT2D eigenvalue weighted by molar-refractivity contribution is 6.12. The molecule has 1 aromatic heterocycles. The molecule has 0 aliphatic carbocycles. The number of anilines is 2. The van der Waals surface area contributed by atoms with Gasteiger partial charge in [-0.25, -0.2) is 9.88 Å². The Bertz CT molecular complexity index is 613. The number of imide groups is 1. The highest BCUT2D eigenvalue weighted by Gasteiger charge is 2.19. The summed E-state index contributed by atoms with van der Waals surface area (Å²) in [4.78, 5) is 50.1. The van der Waals surface area contributed by atoms with Gasteiger partial charge in [-0.15, -0.1) is 0 Å². The first-order valence-electron chi connectivity index (χ1n) is 6.44. The molecule has 8 nitrogen and oxygen atoms in total. The molecule has 1 heterocycles. The number of nitrogens with zero attached hydrogens (tertiary/aromatic N) is 2. The summed E-state index contributed by atoms with van der Waals surface area (Å²) >= 11 is 0. The highest BCUT2D eigenvalue weighted by atomic mass is 16.5. The Labute approximate surface area is 127 Å². The van der Waals surface area contributed by atoms with Gasteiger partial charge in [0.15, 0.2) is 0 Å². The predicted molar refractivity (Wildman–Crippen MR) is 77.9 cm³/mol. The first-order valence-corrected chi connectivity index (χ1v) is 6.44. The third-order valence-corrected chi connectivity index (χ3v) is 2.48. The Morgan fingerprint density at radius 1 is 1.09 bits per heavy atom. The van der Waals surface area contributed by atoms with E-state index in [1.165, 1.54) is 39.8 Å². The van der Waals surface area contributed by atoms with E-state index in [1.54, 1.807) is 0 Å². The Morgan fingerprint density at radius 3 is 2.14 bits per heavy atom. The first kappa shape index (κ1) is 17.3. The van der Waals surface area contributed by atoms with E-state index >= 15 is 0 Å². The standard InChI is InChI=1S/C14H17N3O5/c1-8(18)15-13-5-12(7-22-11(4)21)6-14(16-13)17(9(2)19)10(3)20/h5-6H,7H2,1-4H3,(H,15,16,18). The van der Waals surface area contributed by atoms with Gasteiger partial charge in [-0.2, -0.15) is 0 Å². The second-order valence-electron chi connectivity index (χ2n) is 4.55. The van der Waals surface area contributed by atoms with Crippen LogP contribution in [0.25, 0.3) is 0 Å². The van der Waals surface area contributed by atoms with Crippen molar-refractivity contribution in [3.63, 3.8) is 0 Å². The fraction of sp³-hybridized carbons (Fsp3) is 0.357. The molecule has 0 unspecified atom stereocenters. The molecule has 0 atom stereocenters. The number of nitrogens with one attached hydrogen (secondary N) is 1. The summed E-state index contributed by atoms with van der Waals surface area (Å²) in [5, 5.41) is 2.47. The number of esters is 1. The molecule has 8 heteroatoms. The average Bonchev–Trinajstić information content (AvgIpc) is 2.34. The number of pyridine rings is 1. The van der Waals surface area contributed by atoms with Crippen molar-refractivity contribution >= 4 is 35.3 Å². The monoisotopic (exact) mass is 307 g/mol. The molecular formula is C14H17N3O5. The van der Waals surface area contributed by atoms with Gasteiger partial charge in [0.2, 0.25) is 17.7 Å². The Balaban J connectivity index is 3.26. The van der Waals surface area contributed by atoms with E-state index in [4.69, 9.17) is 4.74 Å². The van der Waals surface area contributed by atoms with Crippen molar-refractivity contribution in [3.8, 4) is 0 Å². The van der Waals surface area contributed by atoms with Crippen molar-refractivity contribution in [3.05, 3.63) is 17.7 Å². The summed E-state index contributed by atoms with van der Waals surface area (Å²) in [5.74, 6) is -1.67. The van der Waals surface area contributed by atoms with Gasteiger partial charge in [0, 0.05) is 27.7 Å². The van der Waals surface area contributed by atoms with Crippen LogP contribution in [0.2, 0.25) is 0 Å². The molecule has 0 spiro atoms. The third-order valence-electron chi connectivity index (χ3n) is 2.48. The smallest absolute Gasteiger partial charge is 0.302 e. The SMILES string of the molecule is CC(=O)Nc1cc(COC(C)=O)cc(N(C(C)=O)C(C)=O)n1. The molecule has 0 saturated heterocycles. The van der Waals surface area contributed by atoms with Gasteiger partial charge in [0.25, 0.3) is 0 Å². The topological polar surface area (TPSA) is 106 Å². The number of carbonyl (C=O) groups excluding carboxylic acids is 4. The largest absolute Gasteiger partial charge is 0.461 e. The molecule has 0 saturated carbocycles. The van der Waals surface area contributed by atoms with Crippen LogP contribution in [0.15, 0.2) is 12.1 Å². The summed E-state index contributed by atoms with van der Waals surface area (Å²) in [5.41, 5.74) is 0.483. The van der Waals surface area contributed by atoms with Crippen molar-refractivity contribution in [1.82, 2.24) is 4.98 Å². The summed E-state index contributed by atoms with van der Waals surface area (Å²) in [6.07, 6.45) is 0. The maximum absolute atomic E-state index is 11.6. The molecule has 1 aromatic rings. The molecule has 118 valence electrons. The van der Waals surface area contributed by atoms with E-state index in [1.807, 2.05) is 0 Å². The molecule has 3 amide bonds. The van der Waals surface area contributed by atoms with E-state index in [0.717, 1.165) is 4.90 Å². The van der Waals surface area contributed by atoms with Gasteiger partial charge >= 0.3 is 5.97 Å². The van der Waals surface area contributed by atoms with Gasteiger partial charge in [-0.3, -0.25) is 19.2 Å². The van der Waals surface area contributed by atoms with Gasteiger partial charge < -0.3 is 10.1 Å². The van der Waals surface area contributed by atoms with Crippen LogP contribution >= 0.6 is 0 Å². The predicted octanol–water partition coefficient (Wildman–Crippen LogP) is 1.00. The lowest BCUT2D eigenvalue weighted by atomic mass is 10.2. The van der Waals surface area contributed by atoms with Gasteiger partial charge in [0.1, 0.15) is 18.2 Å². The zero-order valence-electron chi connectivity index (χ0n) is 12.8. The maximum Gasteiger partial charge on any atom is 0.302 e. The lowest BCUT2D eigenvalue weighted by Crippen LogP contribution is -2.34. The molecule has 1 rings (SSSR count). The minimum absolute atomic E-state index is 0.0494. The molecule has 0 radical (unpaired) electrons. The number of rotatable bonds is 4. The fourth-order valence-corrected chi connectivity index (χ4v) is 1.74. The average molecular weight is 307 g/mol. The zero-order valence-corrected chi connectivity index (χ0v) is 12.8. The maximum atomic E-state index is 11.6. The van der Waals surface area contributed by atoms with Crippen LogP contribution in [0.1, 0.15) is 33.3 Å². The van der Waals surface area contributed by atoms with E-state index in [9.17, 15) is 19.2 Å². The van der Waals surface area contributed by atoms with Crippen molar-refractivity contribution in [1.29, 1.82) is 0 Å². The Morgan fingerprint density at radius 2 is 1.68 bits per heavy atom. The quantitative estimate of drug-likeness (QED) is 0.832. The molecule has 0 aliphatic heterocycles. The fourth-order valence-electron chi connectivity index (χ4n) is 1.74. The summed E-state index contributed by atoms with van der Waals surface area (Å²) in [6, 6.07) is 2.93. The highest BCUT2D eigenvalue weighted by Crippen LogP contribution is 2.19. The molecule has 0 aromatic carbocycles. The van der Waals surface area contributed by atoms with E-state index in [2.05, 4.69) is 10.3 Å². The third kappa shape index (κ3) is 4.97. The van der Waals surface area contributed by atoms with Gasteiger partial charge in [-0.1, -0.05) is 0 Å². The van der Waals surface area contributed by atoms with Crippen LogP contribution in [0, 0.1) is 0 Å². The minimum atomic E-state index is -0.515. The second-order valence-corrected chi connectivity index (χ2v) is 4.55. The number of hydrogen-bond acceptors (Lipinski definition) is 6. The molecule has 0 fully saturated rings. The molecular weight excluding hydrogens is 290 g/mol. The molecule has 0 aliphatic rings. The lowest BCUT2D eigenvalue weighted by Gasteiger charge is -2.18. The number of amides is 3. The van der Waals surface area contributed by atoms with Crippen LogP contribution in [0.3, 0.4) is 0 Å². The van der Waals surface area contributed by atoms with Gasteiger partial charge in [-0.05, 0) is 17.7 Å². The number of hydrogen-bond donors (Lipinski definition) is 1. The van der Waals surface area contributed by atoms with Crippen LogP contribution in [0.4, 0.5) is 11.6 Å². The minimum Gasteiger partial charge on any atom is -0.461 e. The Hall–Kier alpha value is -2.77. The number of aromatic nitrogens is 1. The summed E-state index contributed by atoms with van der Waals surface area (Å²) in [7, 11) is 0. The van der Waals surface area contributed by atoms with Crippen LogP contribution in [-0.2, 0) is 30.5 Å². The zero-order chi connectivity index (χ0) is 16.9. The Kier molecular flexibility index (Phi) is 5.73. The van der Waals surface area contributed by atoms with Crippen molar-refractivity contribution in [2.45, 2.75) is 34.3 Å². The first-order chi connectivity index (χ1) is 10.2. The molecule has 0 bridgehead atoms. The molecule has 22 heavy (non-hydrogen) atoms. The van der Waals surface area contributed by atoms with E-state index < -0.39 is 17.8 Å². The van der Waals surface area contributed by atoms with E-state index in [-0.39, 0.29) is 24.1 Å². The van der Waals surface area contributed by atoms with Crippen LogP contribution in [0.5, 0.6) is 0 Å². The van der Waals surface area contributed by atoms with E-state index in [0.29, 0.717) is 5.56 Å². The van der Waals surface area contributed by atoms with Crippen molar-refractivity contribution in [2.75, 3.05) is 10.2 Å². The molecule has 1 N–H and O–H groups in total. The van der Waals surface area contributed by atoms with Gasteiger partial charge in [0.05, 0.1) is 0 Å². The summed E-state index contributed by atoms with van der Waals surface area (Å²) in [6.45, 7) is 4.93. The lowest BCUT2D eigenvalue weighted by molar-refractivity contribution is -0.142. The van der Waals surface area contributed by atoms with Crippen molar-refractivity contribution < 1.29 is 23.9 Å². The van der Waals surface area contributed by atoms with Crippen molar-refractivity contribution in [2.24, 2.45) is 0 Å².